The van der Waals surface area contributed by atoms with Gasteiger partial charge in [-0.25, -0.2) is 4.98 Å². The minimum absolute atomic E-state index is 0.660. The molecular weight excluding hydrogens is 180 g/mol. The minimum atomic E-state index is 0.660. The van der Waals surface area contributed by atoms with Crippen molar-refractivity contribution in [2.45, 2.75) is 6.92 Å². The van der Waals surface area contributed by atoms with Gasteiger partial charge in [0, 0.05) is 20.2 Å². The lowest BCUT2D eigenvalue weighted by atomic mass is 10.5. The molecule has 1 heterocycles. The zero-order valence-corrected chi connectivity index (χ0v) is 8.58. The van der Waals surface area contributed by atoms with Gasteiger partial charge in [0.1, 0.15) is 11.6 Å². The van der Waals surface area contributed by atoms with Gasteiger partial charge in [-0.1, -0.05) is 0 Å². The van der Waals surface area contributed by atoms with Crippen molar-refractivity contribution in [3.8, 4) is 0 Å². The standard InChI is InChI=1S/C9H16N4O/c1-3-11-8-6-10-7-9(13-8)12-4-5-14-2/h6-7H,3-5H2,1-2H3,(H2,11,12,13). The van der Waals surface area contributed by atoms with E-state index in [2.05, 4.69) is 20.6 Å². The van der Waals surface area contributed by atoms with Crippen LogP contribution in [-0.2, 0) is 4.74 Å². The summed E-state index contributed by atoms with van der Waals surface area (Å²) in [5, 5.41) is 6.20. The van der Waals surface area contributed by atoms with Gasteiger partial charge in [0.05, 0.1) is 19.0 Å². The summed E-state index contributed by atoms with van der Waals surface area (Å²) in [5.74, 6) is 1.55. The molecule has 78 valence electrons. The number of methoxy groups -OCH3 is 1. The number of hydrogen-bond acceptors (Lipinski definition) is 5. The Morgan fingerprint density at radius 2 is 2.00 bits per heavy atom. The highest BCUT2D eigenvalue weighted by atomic mass is 16.5. The van der Waals surface area contributed by atoms with Crippen molar-refractivity contribution in [2.24, 2.45) is 0 Å². The molecule has 0 spiro atoms. The van der Waals surface area contributed by atoms with Gasteiger partial charge in [-0.05, 0) is 6.92 Å². The van der Waals surface area contributed by atoms with Crippen molar-refractivity contribution in [3.05, 3.63) is 12.4 Å². The summed E-state index contributed by atoms with van der Waals surface area (Å²) in [6.45, 7) is 4.26. The lowest BCUT2D eigenvalue weighted by molar-refractivity contribution is 0.210. The molecule has 0 fully saturated rings. The Kier molecular flexibility index (Phi) is 4.71. The molecule has 1 aromatic heterocycles. The average molecular weight is 196 g/mol. The monoisotopic (exact) mass is 196 g/mol. The topological polar surface area (TPSA) is 59.1 Å². The first-order valence-electron chi connectivity index (χ1n) is 4.65. The number of rotatable bonds is 6. The summed E-state index contributed by atoms with van der Waals surface area (Å²) < 4.78 is 4.91. The molecule has 14 heavy (non-hydrogen) atoms. The van der Waals surface area contributed by atoms with Gasteiger partial charge in [-0.15, -0.1) is 0 Å². The maximum atomic E-state index is 4.91. The van der Waals surface area contributed by atoms with E-state index in [1.165, 1.54) is 0 Å². The van der Waals surface area contributed by atoms with Crippen LogP contribution in [0, 0.1) is 0 Å². The third-order valence-corrected chi connectivity index (χ3v) is 1.60. The predicted octanol–water partition coefficient (Wildman–Crippen LogP) is 0.967. The molecule has 0 aliphatic heterocycles. The van der Waals surface area contributed by atoms with Gasteiger partial charge in [-0.3, -0.25) is 4.98 Å². The zero-order chi connectivity index (χ0) is 10.2. The quantitative estimate of drug-likeness (QED) is 0.664. The van der Waals surface area contributed by atoms with Crippen LogP contribution in [-0.4, -0.2) is 36.8 Å². The van der Waals surface area contributed by atoms with Crippen LogP contribution < -0.4 is 10.6 Å². The largest absolute Gasteiger partial charge is 0.383 e. The van der Waals surface area contributed by atoms with Crippen molar-refractivity contribution in [1.29, 1.82) is 0 Å². The zero-order valence-electron chi connectivity index (χ0n) is 8.58. The van der Waals surface area contributed by atoms with E-state index >= 15 is 0 Å². The van der Waals surface area contributed by atoms with Crippen LogP contribution in [0.4, 0.5) is 11.6 Å². The first kappa shape index (κ1) is 10.7. The first-order valence-corrected chi connectivity index (χ1v) is 4.65. The molecule has 0 unspecified atom stereocenters. The molecular formula is C9H16N4O. The van der Waals surface area contributed by atoms with Gasteiger partial charge in [0.15, 0.2) is 0 Å². The smallest absolute Gasteiger partial charge is 0.147 e. The van der Waals surface area contributed by atoms with E-state index in [4.69, 9.17) is 4.74 Å². The third kappa shape index (κ3) is 3.57. The summed E-state index contributed by atoms with van der Waals surface area (Å²) in [4.78, 5) is 8.35. The van der Waals surface area contributed by atoms with Crippen LogP contribution in [0.1, 0.15) is 6.92 Å². The molecule has 0 radical (unpaired) electrons. The number of ether oxygens (including phenoxy) is 1. The summed E-state index contributed by atoms with van der Waals surface area (Å²) in [6, 6.07) is 0. The van der Waals surface area contributed by atoms with Gasteiger partial charge >= 0.3 is 0 Å². The molecule has 0 aliphatic carbocycles. The Bertz CT molecular complexity index is 267. The maximum absolute atomic E-state index is 4.91. The molecule has 0 saturated carbocycles. The second-order valence-corrected chi connectivity index (χ2v) is 2.74. The van der Waals surface area contributed by atoms with E-state index in [0.717, 1.165) is 24.7 Å². The van der Waals surface area contributed by atoms with Gasteiger partial charge < -0.3 is 15.4 Å². The molecule has 5 nitrogen and oxygen atoms in total. The average Bonchev–Trinajstić information content (AvgIpc) is 2.19. The molecule has 0 amide bonds. The molecule has 0 saturated heterocycles. The molecule has 0 atom stereocenters. The Morgan fingerprint density at radius 3 is 2.64 bits per heavy atom. The molecule has 0 aliphatic rings. The number of aromatic nitrogens is 2. The fourth-order valence-electron chi connectivity index (χ4n) is 0.999. The Balaban J connectivity index is 2.46. The highest BCUT2D eigenvalue weighted by molar-refractivity contribution is 5.41. The Labute approximate surface area is 83.9 Å². The number of anilines is 2. The van der Waals surface area contributed by atoms with Crippen LogP contribution in [0.15, 0.2) is 12.4 Å². The Morgan fingerprint density at radius 1 is 1.29 bits per heavy atom. The molecule has 0 bridgehead atoms. The molecule has 1 aromatic rings. The van der Waals surface area contributed by atoms with Crippen LogP contribution >= 0.6 is 0 Å². The lowest BCUT2D eigenvalue weighted by Crippen LogP contribution is -2.10. The van der Waals surface area contributed by atoms with E-state index in [1.54, 1.807) is 19.5 Å². The van der Waals surface area contributed by atoms with E-state index in [0.29, 0.717) is 6.61 Å². The second-order valence-electron chi connectivity index (χ2n) is 2.74. The number of nitrogens with one attached hydrogen (secondary N) is 2. The molecule has 5 heteroatoms. The summed E-state index contributed by atoms with van der Waals surface area (Å²) in [5.41, 5.74) is 0. The highest BCUT2D eigenvalue weighted by Gasteiger charge is 1.95. The lowest BCUT2D eigenvalue weighted by Gasteiger charge is -2.06. The molecule has 1 rings (SSSR count). The fourth-order valence-corrected chi connectivity index (χ4v) is 0.999. The van der Waals surface area contributed by atoms with Crippen molar-refractivity contribution in [1.82, 2.24) is 9.97 Å². The normalized spacial score (nSPS) is 9.86. The van der Waals surface area contributed by atoms with E-state index in [-0.39, 0.29) is 0 Å². The van der Waals surface area contributed by atoms with Crippen LogP contribution in [0.2, 0.25) is 0 Å². The van der Waals surface area contributed by atoms with E-state index < -0.39 is 0 Å². The van der Waals surface area contributed by atoms with Gasteiger partial charge in [-0.2, -0.15) is 0 Å². The van der Waals surface area contributed by atoms with Crippen molar-refractivity contribution >= 4 is 11.6 Å². The van der Waals surface area contributed by atoms with Crippen LogP contribution in [0.25, 0.3) is 0 Å². The molecule has 2 N–H and O–H groups in total. The van der Waals surface area contributed by atoms with Gasteiger partial charge in [0.25, 0.3) is 0 Å². The minimum Gasteiger partial charge on any atom is -0.383 e. The van der Waals surface area contributed by atoms with Crippen LogP contribution in [0.3, 0.4) is 0 Å². The highest BCUT2D eigenvalue weighted by Crippen LogP contribution is 2.05. The van der Waals surface area contributed by atoms with Crippen molar-refractivity contribution in [3.63, 3.8) is 0 Å². The number of hydrogen-bond donors (Lipinski definition) is 2. The fraction of sp³-hybridized carbons (Fsp3) is 0.556. The molecule has 0 aromatic carbocycles. The number of nitrogens with zero attached hydrogens (tertiary/aromatic N) is 2. The van der Waals surface area contributed by atoms with Crippen molar-refractivity contribution in [2.75, 3.05) is 37.4 Å². The summed E-state index contributed by atoms with van der Waals surface area (Å²) in [7, 11) is 1.67. The third-order valence-electron chi connectivity index (χ3n) is 1.60. The maximum Gasteiger partial charge on any atom is 0.147 e. The van der Waals surface area contributed by atoms with Crippen molar-refractivity contribution < 1.29 is 4.74 Å². The SMILES string of the molecule is CCNc1cncc(NCCOC)n1. The van der Waals surface area contributed by atoms with Gasteiger partial charge in [0.2, 0.25) is 0 Å². The second kappa shape index (κ2) is 6.15. The Hall–Kier alpha value is -1.36. The predicted molar refractivity (Wildman–Crippen MR) is 56.6 cm³/mol. The van der Waals surface area contributed by atoms with E-state index in [1.807, 2.05) is 6.92 Å². The van der Waals surface area contributed by atoms with E-state index in [9.17, 15) is 0 Å². The first-order chi connectivity index (χ1) is 6.86. The van der Waals surface area contributed by atoms with Crippen LogP contribution in [0.5, 0.6) is 0 Å². The summed E-state index contributed by atoms with van der Waals surface area (Å²) >= 11 is 0. The summed E-state index contributed by atoms with van der Waals surface area (Å²) in [6.07, 6.45) is 3.39.